The molecule has 1 aliphatic heterocycles. The van der Waals surface area contributed by atoms with Crippen LogP contribution in [0.4, 0.5) is 4.39 Å². The van der Waals surface area contributed by atoms with Crippen molar-refractivity contribution in [3.63, 3.8) is 0 Å². The number of rotatable bonds is 13. The third-order valence-corrected chi connectivity index (χ3v) is 4.96. The lowest BCUT2D eigenvalue weighted by atomic mass is 9.99. The van der Waals surface area contributed by atoms with Gasteiger partial charge in [-0.15, -0.1) is 0 Å². The number of hydrogen-bond donors (Lipinski definition) is 0. The molecular weight excluding hydrogens is 261 g/mol. The molecule has 0 bridgehead atoms. The summed E-state index contributed by atoms with van der Waals surface area (Å²) in [5.41, 5.74) is 0. The Morgan fingerprint density at radius 2 is 1.38 bits per heavy atom. The lowest BCUT2D eigenvalue weighted by Gasteiger charge is -2.27. The number of hydrogen-bond acceptors (Lipinski definition) is 1. The molecule has 1 aliphatic rings. The summed E-state index contributed by atoms with van der Waals surface area (Å²) in [4.78, 5) is 2.45. The Kier molecular flexibility index (Phi) is 11.2. The first-order chi connectivity index (χ1) is 10.3. The summed E-state index contributed by atoms with van der Waals surface area (Å²) in [6.07, 6.45) is 16.4. The highest BCUT2D eigenvalue weighted by molar-refractivity contribution is 4.81. The fourth-order valence-electron chi connectivity index (χ4n) is 3.55. The predicted molar refractivity (Wildman–Crippen MR) is 91.6 cm³/mol. The maximum Gasteiger partial charge on any atom is 0.114 e. The summed E-state index contributed by atoms with van der Waals surface area (Å²) in [5.74, 6) is 0. The van der Waals surface area contributed by atoms with Gasteiger partial charge < -0.3 is 0 Å². The maximum absolute atomic E-state index is 13.5. The Labute approximate surface area is 132 Å². The molecule has 126 valence electrons. The Balaban J connectivity index is 2.21. The summed E-state index contributed by atoms with van der Waals surface area (Å²) in [5, 5.41) is 0. The van der Waals surface area contributed by atoms with E-state index in [4.69, 9.17) is 0 Å². The highest BCUT2D eigenvalue weighted by atomic mass is 19.1. The minimum Gasteiger partial charge on any atom is -0.297 e. The van der Waals surface area contributed by atoms with Crippen LogP contribution in [-0.2, 0) is 0 Å². The van der Waals surface area contributed by atoms with Crippen LogP contribution in [0.15, 0.2) is 0 Å². The maximum atomic E-state index is 13.5. The second-order valence-corrected chi connectivity index (χ2v) is 6.94. The van der Waals surface area contributed by atoms with Crippen molar-refractivity contribution in [2.45, 2.75) is 110 Å². The molecule has 0 aromatic rings. The molecule has 2 heteroatoms. The normalized spacial score (nSPS) is 19.7. The molecule has 0 saturated carbocycles. The molecule has 21 heavy (non-hydrogen) atoms. The quantitative estimate of drug-likeness (QED) is 0.370. The van der Waals surface area contributed by atoms with Crippen LogP contribution in [-0.4, -0.2) is 30.2 Å². The first-order valence-corrected chi connectivity index (χ1v) is 9.66. The molecular formula is C19H38FN. The van der Waals surface area contributed by atoms with E-state index in [-0.39, 0.29) is 0 Å². The van der Waals surface area contributed by atoms with Crippen LogP contribution in [0, 0.1) is 0 Å². The number of likely N-dealkylation sites (tertiary alicyclic amines) is 1. The van der Waals surface area contributed by atoms with E-state index < -0.39 is 6.17 Å². The third-order valence-electron chi connectivity index (χ3n) is 4.96. The van der Waals surface area contributed by atoms with Crippen LogP contribution in [0.5, 0.6) is 0 Å². The molecule has 0 unspecified atom stereocenters. The summed E-state index contributed by atoms with van der Waals surface area (Å²) in [6.45, 7) is 6.24. The van der Waals surface area contributed by atoms with Crippen LogP contribution in [0.1, 0.15) is 97.3 Å². The zero-order valence-electron chi connectivity index (χ0n) is 14.6. The number of alkyl halides is 1. The Morgan fingerprint density at radius 1 is 0.857 bits per heavy atom. The Bertz CT molecular complexity index is 218. The average molecular weight is 300 g/mol. The van der Waals surface area contributed by atoms with Crippen LogP contribution >= 0.6 is 0 Å². The van der Waals surface area contributed by atoms with Gasteiger partial charge in [0.05, 0.1) is 0 Å². The molecule has 1 atom stereocenters. The largest absolute Gasteiger partial charge is 0.297 e. The van der Waals surface area contributed by atoms with Gasteiger partial charge in [-0.3, -0.25) is 4.90 Å². The lowest BCUT2D eigenvalue weighted by Crippen LogP contribution is -2.33. The standard InChI is InChI=1S/C19H38FN/c1-3-5-7-9-11-13-19(14-12-10-8-6-4-2)21-16-15-18(20)17-21/h18-19H,3-17H2,1-2H3/t18-/m1/s1. The van der Waals surface area contributed by atoms with Gasteiger partial charge in [-0.25, -0.2) is 4.39 Å². The minimum atomic E-state index is -0.562. The fraction of sp³-hybridized carbons (Fsp3) is 1.00. The summed E-state index contributed by atoms with van der Waals surface area (Å²) < 4.78 is 13.5. The van der Waals surface area contributed by atoms with E-state index in [2.05, 4.69) is 18.7 Å². The van der Waals surface area contributed by atoms with Gasteiger partial charge in [-0.05, 0) is 19.3 Å². The summed E-state index contributed by atoms with van der Waals surface area (Å²) in [6, 6.07) is 0.661. The van der Waals surface area contributed by atoms with E-state index >= 15 is 0 Å². The van der Waals surface area contributed by atoms with Gasteiger partial charge >= 0.3 is 0 Å². The van der Waals surface area contributed by atoms with Crippen LogP contribution in [0.3, 0.4) is 0 Å². The summed E-state index contributed by atoms with van der Waals surface area (Å²) in [7, 11) is 0. The van der Waals surface area contributed by atoms with Crippen molar-refractivity contribution in [1.82, 2.24) is 4.90 Å². The van der Waals surface area contributed by atoms with Crippen LogP contribution in [0.25, 0.3) is 0 Å². The van der Waals surface area contributed by atoms with Gasteiger partial charge in [0.15, 0.2) is 0 Å². The van der Waals surface area contributed by atoms with Crippen LogP contribution < -0.4 is 0 Å². The second kappa shape index (κ2) is 12.4. The zero-order chi connectivity index (χ0) is 15.3. The highest BCUT2D eigenvalue weighted by Gasteiger charge is 2.27. The number of nitrogens with zero attached hydrogens (tertiary/aromatic N) is 1. The van der Waals surface area contributed by atoms with Gasteiger partial charge in [0.1, 0.15) is 6.17 Å². The molecule has 1 nitrogen and oxygen atoms in total. The topological polar surface area (TPSA) is 3.24 Å². The van der Waals surface area contributed by atoms with Crippen molar-refractivity contribution < 1.29 is 4.39 Å². The van der Waals surface area contributed by atoms with E-state index in [9.17, 15) is 4.39 Å². The average Bonchev–Trinajstić information content (AvgIpc) is 2.91. The SMILES string of the molecule is CCCCCCCC(CCCCCCC)N1CC[C@@H](F)C1. The molecule has 0 amide bonds. The molecule has 0 aromatic carbocycles. The summed E-state index contributed by atoms with van der Waals surface area (Å²) >= 11 is 0. The highest BCUT2D eigenvalue weighted by Crippen LogP contribution is 2.23. The molecule has 0 radical (unpaired) electrons. The lowest BCUT2D eigenvalue weighted by molar-refractivity contribution is 0.193. The van der Waals surface area contributed by atoms with Crippen molar-refractivity contribution in [3.05, 3.63) is 0 Å². The smallest absolute Gasteiger partial charge is 0.114 e. The molecule has 1 rings (SSSR count). The Morgan fingerprint density at radius 3 is 1.81 bits per heavy atom. The first-order valence-electron chi connectivity index (χ1n) is 9.66. The van der Waals surface area contributed by atoms with Gasteiger partial charge in [0.25, 0.3) is 0 Å². The van der Waals surface area contributed by atoms with Crippen molar-refractivity contribution in [3.8, 4) is 0 Å². The van der Waals surface area contributed by atoms with Gasteiger partial charge in [0, 0.05) is 19.1 Å². The fourth-order valence-corrected chi connectivity index (χ4v) is 3.55. The first kappa shape index (κ1) is 18.9. The van der Waals surface area contributed by atoms with Crippen LogP contribution in [0.2, 0.25) is 0 Å². The van der Waals surface area contributed by atoms with Crippen molar-refractivity contribution in [1.29, 1.82) is 0 Å². The molecule has 0 aromatic heterocycles. The molecule has 1 heterocycles. The van der Waals surface area contributed by atoms with E-state index in [1.54, 1.807) is 0 Å². The number of halogens is 1. The van der Waals surface area contributed by atoms with Crippen molar-refractivity contribution in [2.24, 2.45) is 0 Å². The van der Waals surface area contributed by atoms with E-state index in [1.807, 2.05) is 0 Å². The predicted octanol–water partition coefficient (Wildman–Crippen LogP) is 6.12. The van der Waals surface area contributed by atoms with E-state index in [1.165, 1.54) is 77.0 Å². The molecule has 0 aliphatic carbocycles. The molecule has 1 saturated heterocycles. The van der Waals surface area contributed by atoms with Gasteiger partial charge in [-0.2, -0.15) is 0 Å². The van der Waals surface area contributed by atoms with Crippen molar-refractivity contribution in [2.75, 3.05) is 13.1 Å². The van der Waals surface area contributed by atoms with Crippen molar-refractivity contribution >= 4 is 0 Å². The molecule has 1 fully saturated rings. The van der Waals surface area contributed by atoms with Gasteiger partial charge in [-0.1, -0.05) is 78.1 Å². The van der Waals surface area contributed by atoms with E-state index in [0.29, 0.717) is 12.6 Å². The molecule has 0 spiro atoms. The monoisotopic (exact) mass is 299 g/mol. The zero-order valence-corrected chi connectivity index (χ0v) is 14.6. The minimum absolute atomic E-state index is 0.562. The third kappa shape index (κ3) is 8.80. The molecule has 0 N–H and O–H groups in total. The Hall–Kier alpha value is -0.110. The van der Waals surface area contributed by atoms with E-state index in [0.717, 1.165) is 13.0 Å². The van der Waals surface area contributed by atoms with Gasteiger partial charge in [0.2, 0.25) is 0 Å². The second-order valence-electron chi connectivity index (χ2n) is 6.94. The number of unbranched alkanes of at least 4 members (excludes halogenated alkanes) is 8.